The van der Waals surface area contributed by atoms with Crippen LogP contribution in [0.1, 0.15) is 22.3 Å². The van der Waals surface area contributed by atoms with Crippen molar-refractivity contribution in [3.05, 3.63) is 469 Å². The standard InChI is InChI=1S/C26H19N.C20H18BrN.2C18H12BrN.C12H9N.C8H9BO2.C6H4BrI/c1-2-19-11-13-20(14-12-19)21-15-17-22(18-16-21)27-25-9-5-3-7-23(25)24-8-4-6-10-26(24)27;1-15-3-9-18(10-4-15)22(19-11-5-16(2)6-12-19)20-13-7-17(21)8-14-20;2*19-13-9-11-14(12-10-13)20-17-7-3-1-5-15(17)16-6-2-4-8-18(16)20;1-3-7-11-9(5-1)10-6-2-4-8-12(10)13-11;1-2-7-3-5-8(6-4-7)9(10)11;7-5-1-3-6(8)4-2-5/h2-18H,1H2;3-14H,1-2H3;2*1-12H;1-8,13H;2-6,10-11H,1H2;1-4H. The molecule has 4 heterocycles. The third-order valence-corrected chi connectivity index (χ3v) is 23.7. The molecule has 0 radical (unpaired) electrons. The quantitative estimate of drug-likeness (QED) is 0.0944. The number of anilines is 3. The molecule has 21 rings (SSSR count). The summed E-state index contributed by atoms with van der Waals surface area (Å²) in [6, 6.07) is 143. The second-order valence-electron chi connectivity index (χ2n) is 28.8. The van der Waals surface area contributed by atoms with Gasteiger partial charge >= 0.3 is 7.12 Å². The lowest BCUT2D eigenvalue weighted by Gasteiger charge is -2.25. The molecule has 0 aliphatic heterocycles. The molecule has 0 saturated heterocycles. The van der Waals surface area contributed by atoms with Gasteiger partial charge in [0.1, 0.15) is 0 Å². The highest BCUT2D eigenvalue weighted by Gasteiger charge is 2.17. The third kappa shape index (κ3) is 20.0. The Morgan fingerprint density at radius 2 is 0.529 bits per heavy atom. The zero-order chi connectivity index (χ0) is 83.7. The summed E-state index contributed by atoms with van der Waals surface area (Å²) in [6.45, 7) is 11.6. The predicted octanol–water partition coefficient (Wildman–Crippen LogP) is 31.1. The van der Waals surface area contributed by atoms with Crippen molar-refractivity contribution >= 4 is 215 Å². The Morgan fingerprint density at radius 1 is 0.289 bits per heavy atom. The SMILES string of the molecule is Brc1ccc(-n2c3ccccc3c3ccccc32)cc1.Brc1ccc(-n2c3ccccc3c3ccccc32)cc1.Brc1ccc(I)cc1.C=Cc1ccc(-c2ccc(-n3c4ccccc4c4ccccc43)cc2)cc1.C=Cc1ccc(B(O)O)cc1.Cc1ccc(N(c2ccc(C)cc2)c2ccc(Br)cc2)cc1.c1ccc2c(c1)[nH]c1ccccc12. The fraction of sp³-hybridized carbons (Fsp3) is 0.0185. The van der Waals surface area contributed by atoms with Gasteiger partial charge in [0, 0.05) is 110 Å². The Bertz CT molecular complexity index is 6580. The molecular weight excluding hydrogens is 1860 g/mol. The van der Waals surface area contributed by atoms with Crippen LogP contribution in [0.25, 0.3) is 128 Å². The number of aryl methyl sites for hydroxylation is 2. The number of aromatic amines is 1. The lowest BCUT2D eigenvalue weighted by molar-refractivity contribution is 0.426. The van der Waals surface area contributed by atoms with Crippen LogP contribution < -0.4 is 10.4 Å². The van der Waals surface area contributed by atoms with Crippen molar-refractivity contribution in [1.29, 1.82) is 0 Å². The Morgan fingerprint density at radius 3 is 0.818 bits per heavy atom. The van der Waals surface area contributed by atoms with Gasteiger partial charge in [-0.05, 0) is 246 Å². The monoisotopic (exact) mass is 1940 g/mol. The van der Waals surface area contributed by atoms with Gasteiger partial charge in [-0.2, -0.15) is 0 Å². The van der Waals surface area contributed by atoms with E-state index in [0.29, 0.717) is 5.46 Å². The van der Waals surface area contributed by atoms with Gasteiger partial charge in [0.05, 0.1) is 33.1 Å². The molecule has 17 aromatic carbocycles. The predicted molar refractivity (Wildman–Crippen MR) is 541 cm³/mol. The van der Waals surface area contributed by atoms with Crippen LogP contribution in [0.5, 0.6) is 0 Å². The fourth-order valence-corrected chi connectivity index (χ4v) is 16.3. The van der Waals surface area contributed by atoms with Crippen molar-refractivity contribution in [1.82, 2.24) is 18.7 Å². The van der Waals surface area contributed by atoms with E-state index in [1.54, 1.807) is 30.3 Å². The minimum atomic E-state index is -1.38. The first-order valence-electron chi connectivity index (χ1n) is 39.6. The molecule has 0 bridgehead atoms. The van der Waals surface area contributed by atoms with E-state index >= 15 is 0 Å². The third-order valence-electron chi connectivity index (χ3n) is 20.9. The molecule has 0 aliphatic rings. The van der Waals surface area contributed by atoms with Crippen LogP contribution in [0.4, 0.5) is 17.1 Å². The highest BCUT2D eigenvalue weighted by Crippen LogP contribution is 2.39. The molecule has 7 nitrogen and oxygen atoms in total. The second-order valence-corrected chi connectivity index (χ2v) is 33.7. The number of fused-ring (bicyclic) bond motifs is 12. The van der Waals surface area contributed by atoms with Crippen LogP contribution in [0, 0.1) is 17.4 Å². The van der Waals surface area contributed by atoms with E-state index in [1.165, 1.54) is 130 Å². The summed E-state index contributed by atoms with van der Waals surface area (Å²) in [4.78, 5) is 5.65. The van der Waals surface area contributed by atoms with Gasteiger partial charge in [-0.15, -0.1) is 0 Å². The lowest BCUT2D eigenvalue weighted by atomic mass is 9.80. The van der Waals surface area contributed by atoms with Gasteiger partial charge < -0.3 is 33.6 Å². The van der Waals surface area contributed by atoms with Gasteiger partial charge in [-0.3, -0.25) is 0 Å². The zero-order valence-electron chi connectivity index (χ0n) is 66.5. The number of benzene rings is 17. The fourth-order valence-electron chi connectivity index (χ4n) is 14.9. The maximum absolute atomic E-state index is 8.72. The van der Waals surface area contributed by atoms with Gasteiger partial charge in [0.25, 0.3) is 0 Å². The Labute approximate surface area is 753 Å². The second kappa shape index (κ2) is 39.8. The number of hydrogen-bond donors (Lipinski definition) is 3. The van der Waals surface area contributed by atoms with E-state index < -0.39 is 7.12 Å². The first-order valence-corrected chi connectivity index (χ1v) is 43.8. The summed E-state index contributed by atoms with van der Waals surface area (Å²) < 4.78 is 12.7. The topological polar surface area (TPSA) is 74.3 Å². The van der Waals surface area contributed by atoms with Crippen molar-refractivity contribution in [3.8, 4) is 28.2 Å². The molecule has 0 atom stereocenters. The van der Waals surface area contributed by atoms with E-state index in [1.807, 2.05) is 18.2 Å². The molecule has 121 heavy (non-hydrogen) atoms. The molecule has 590 valence electrons. The molecule has 0 saturated carbocycles. The number of hydrogen-bond acceptors (Lipinski definition) is 3. The first kappa shape index (κ1) is 83.9. The maximum Gasteiger partial charge on any atom is 0.488 e. The largest absolute Gasteiger partial charge is 0.488 e. The van der Waals surface area contributed by atoms with E-state index in [0.717, 1.165) is 46.1 Å². The molecule has 0 fully saturated rings. The number of para-hydroxylation sites is 8. The molecule has 0 aliphatic carbocycles. The van der Waals surface area contributed by atoms with Crippen LogP contribution in [0.15, 0.2) is 444 Å². The summed E-state index contributed by atoms with van der Waals surface area (Å²) in [5.74, 6) is 0. The highest BCUT2D eigenvalue weighted by atomic mass is 127. The lowest BCUT2D eigenvalue weighted by Crippen LogP contribution is -2.29. The van der Waals surface area contributed by atoms with E-state index in [-0.39, 0.29) is 0 Å². The van der Waals surface area contributed by atoms with Gasteiger partial charge in [0.2, 0.25) is 0 Å². The van der Waals surface area contributed by atoms with E-state index in [4.69, 9.17) is 10.0 Å². The average molecular weight is 1940 g/mol. The highest BCUT2D eigenvalue weighted by molar-refractivity contribution is 14.1. The van der Waals surface area contributed by atoms with Crippen molar-refractivity contribution in [2.45, 2.75) is 13.8 Å². The number of H-pyrrole nitrogens is 1. The van der Waals surface area contributed by atoms with Crippen LogP contribution >= 0.6 is 86.3 Å². The minimum absolute atomic E-state index is 0.496. The summed E-state index contributed by atoms with van der Waals surface area (Å²) in [7, 11) is -1.38. The Hall–Kier alpha value is -12.1. The van der Waals surface area contributed by atoms with Crippen LogP contribution in [0.3, 0.4) is 0 Å². The smallest absolute Gasteiger partial charge is 0.423 e. The van der Waals surface area contributed by atoms with Crippen molar-refractivity contribution in [2.75, 3.05) is 4.90 Å². The van der Waals surface area contributed by atoms with E-state index in [2.05, 4.69) is 513 Å². The molecule has 0 amide bonds. The molecule has 3 N–H and O–H groups in total. The minimum Gasteiger partial charge on any atom is -0.423 e. The normalized spacial score (nSPS) is 10.8. The Balaban J connectivity index is 0.000000113. The van der Waals surface area contributed by atoms with Crippen molar-refractivity contribution in [3.63, 3.8) is 0 Å². The average Bonchev–Trinajstić information content (AvgIpc) is 1.61. The van der Waals surface area contributed by atoms with Crippen LogP contribution in [-0.4, -0.2) is 35.9 Å². The summed E-state index contributed by atoms with van der Waals surface area (Å²) in [5, 5.41) is 27.8. The molecule has 0 unspecified atom stereocenters. The number of aromatic nitrogens is 4. The van der Waals surface area contributed by atoms with Gasteiger partial charge in [-0.25, -0.2) is 0 Å². The molecule has 13 heteroatoms. The van der Waals surface area contributed by atoms with Crippen LogP contribution in [-0.2, 0) is 0 Å². The van der Waals surface area contributed by atoms with Crippen molar-refractivity contribution in [2.24, 2.45) is 0 Å². The van der Waals surface area contributed by atoms with Crippen LogP contribution in [0.2, 0.25) is 0 Å². The Kier molecular flexibility index (Phi) is 27.6. The van der Waals surface area contributed by atoms with Crippen molar-refractivity contribution < 1.29 is 10.0 Å². The van der Waals surface area contributed by atoms with Gasteiger partial charge in [0.15, 0.2) is 0 Å². The molecule has 4 aromatic heterocycles. The summed E-state index contributed by atoms with van der Waals surface area (Å²) in [5.41, 5.74) is 24.5. The summed E-state index contributed by atoms with van der Waals surface area (Å²) >= 11 is 16.1. The summed E-state index contributed by atoms with van der Waals surface area (Å²) in [6.07, 6.45) is 3.57. The molecule has 0 spiro atoms. The maximum atomic E-state index is 8.72. The number of halogens is 5. The number of nitrogens with zero attached hydrogens (tertiary/aromatic N) is 4. The first-order chi connectivity index (χ1) is 59.1. The molecular formula is C108H83BBr4IN5O2. The number of nitrogens with one attached hydrogen (secondary N) is 1. The number of rotatable bonds is 10. The zero-order valence-corrected chi connectivity index (χ0v) is 75.0. The van der Waals surface area contributed by atoms with E-state index in [9.17, 15) is 0 Å². The van der Waals surface area contributed by atoms with Gasteiger partial charge in [-0.1, -0.05) is 331 Å². The molecule has 21 aromatic rings.